The van der Waals surface area contributed by atoms with Crippen LogP contribution in [0.2, 0.25) is 0 Å². The number of aromatic nitrogens is 1. The number of rotatable bonds is 7. The predicted molar refractivity (Wildman–Crippen MR) is 82.2 cm³/mol. The van der Waals surface area contributed by atoms with E-state index in [0.717, 1.165) is 15.2 Å². The number of hydrogen-bond donors (Lipinski definition) is 1. The summed E-state index contributed by atoms with van der Waals surface area (Å²) >= 11 is 1.57. The molecular formula is C13H16N2O4S2. The lowest BCUT2D eigenvalue weighted by Crippen LogP contribution is -2.28. The van der Waals surface area contributed by atoms with E-state index in [2.05, 4.69) is 4.98 Å². The number of carboxylic acids is 1. The highest BCUT2D eigenvalue weighted by Gasteiger charge is 2.17. The van der Waals surface area contributed by atoms with Crippen LogP contribution in [0.5, 0.6) is 0 Å². The van der Waals surface area contributed by atoms with Gasteiger partial charge in [-0.1, -0.05) is 12.1 Å². The zero-order chi connectivity index (χ0) is 15.5. The van der Waals surface area contributed by atoms with Crippen molar-refractivity contribution in [1.82, 2.24) is 9.88 Å². The molecule has 0 aliphatic heterocycles. The number of fused-ring (bicyclic) bond motifs is 1. The van der Waals surface area contributed by atoms with Crippen molar-refractivity contribution in [3.05, 3.63) is 29.3 Å². The lowest BCUT2D eigenvalue weighted by molar-refractivity contribution is -0.134. The van der Waals surface area contributed by atoms with Crippen LogP contribution in [0.3, 0.4) is 0 Å². The summed E-state index contributed by atoms with van der Waals surface area (Å²) < 4.78 is 24.1. The number of para-hydroxylation sites is 1. The Kier molecular flexibility index (Phi) is 4.92. The summed E-state index contributed by atoms with van der Waals surface area (Å²) in [5.41, 5.74) is 0.935. The van der Waals surface area contributed by atoms with Crippen LogP contribution in [0.15, 0.2) is 24.3 Å². The fraction of sp³-hybridized carbons (Fsp3) is 0.385. The van der Waals surface area contributed by atoms with Crippen LogP contribution in [0.4, 0.5) is 0 Å². The van der Waals surface area contributed by atoms with Gasteiger partial charge in [-0.2, -0.15) is 0 Å². The molecule has 0 saturated carbocycles. The molecule has 1 heterocycles. The van der Waals surface area contributed by atoms with E-state index < -0.39 is 21.6 Å². The maximum atomic E-state index is 11.5. The molecule has 114 valence electrons. The molecule has 0 aliphatic rings. The highest BCUT2D eigenvalue weighted by Crippen LogP contribution is 2.22. The van der Waals surface area contributed by atoms with Gasteiger partial charge in [0, 0.05) is 6.54 Å². The minimum Gasteiger partial charge on any atom is -0.480 e. The van der Waals surface area contributed by atoms with E-state index in [-0.39, 0.29) is 12.3 Å². The van der Waals surface area contributed by atoms with Gasteiger partial charge in [-0.3, -0.25) is 9.69 Å². The topological polar surface area (TPSA) is 87.6 Å². The average molecular weight is 328 g/mol. The van der Waals surface area contributed by atoms with Gasteiger partial charge in [0.05, 0.1) is 22.5 Å². The maximum Gasteiger partial charge on any atom is 0.318 e. The number of nitrogens with zero attached hydrogens (tertiary/aromatic N) is 2. The summed E-state index contributed by atoms with van der Waals surface area (Å²) in [6.07, 6.45) is 0. The van der Waals surface area contributed by atoms with Gasteiger partial charge in [0.25, 0.3) is 0 Å². The highest BCUT2D eigenvalue weighted by atomic mass is 32.2. The molecule has 1 aromatic carbocycles. The van der Waals surface area contributed by atoms with Gasteiger partial charge in [-0.25, -0.2) is 13.4 Å². The van der Waals surface area contributed by atoms with Gasteiger partial charge in [0.1, 0.15) is 10.8 Å². The highest BCUT2D eigenvalue weighted by molar-refractivity contribution is 7.92. The van der Waals surface area contributed by atoms with Crippen molar-refractivity contribution in [2.75, 3.05) is 25.1 Å². The van der Waals surface area contributed by atoms with Crippen LogP contribution >= 0.6 is 11.3 Å². The molecule has 1 N–H and O–H groups in total. The van der Waals surface area contributed by atoms with Gasteiger partial charge >= 0.3 is 5.97 Å². The smallest absolute Gasteiger partial charge is 0.318 e. The van der Waals surface area contributed by atoms with E-state index >= 15 is 0 Å². The maximum absolute atomic E-state index is 11.5. The molecule has 8 heteroatoms. The Hall–Kier alpha value is -1.51. The van der Waals surface area contributed by atoms with Crippen molar-refractivity contribution in [3.63, 3.8) is 0 Å². The molecule has 0 unspecified atom stereocenters. The van der Waals surface area contributed by atoms with Gasteiger partial charge in [-0.15, -0.1) is 11.3 Å². The summed E-state index contributed by atoms with van der Waals surface area (Å²) in [4.78, 5) is 16.8. The predicted octanol–water partition coefficient (Wildman–Crippen LogP) is 1.23. The first-order valence-electron chi connectivity index (χ1n) is 6.31. The van der Waals surface area contributed by atoms with E-state index in [9.17, 15) is 13.2 Å². The Morgan fingerprint density at radius 1 is 1.38 bits per heavy atom. The Bertz CT molecular complexity index is 706. The molecule has 0 atom stereocenters. The Morgan fingerprint density at radius 3 is 2.76 bits per heavy atom. The molecular weight excluding hydrogens is 312 g/mol. The molecule has 0 fully saturated rings. The molecule has 0 bridgehead atoms. The van der Waals surface area contributed by atoms with Crippen LogP contribution in [0.1, 0.15) is 5.01 Å². The first-order valence-corrected chi connectivity index (χ1v) is 8.95. The quantitative estimate of drug-likeness (QED) is 0.822. The summed E-state index contributed by atoms with van der Waals surface area (Å²) in [5.74, 6) is -2.30. The largest absolute Gasteiger partial charge is 0.480 e. The third kappa shape index (κ3) is 4.76. The van der Waals surface area contributed by atoms with Crippen molar-refractivity contribution in [2.24, 2.45) is 0 Å². The van der Waals surface area contributed by atoms with Crippen LogP contribution in [-0.4, -0.2) is 54.5 Å². The second-order valence-corrected chi connectivity index (χ2v) is 8.10. The molecule has 2 aromatic rings. The van der Waals surface area contributed by atoms with Crippen molar-refractivity contribution >= 4 is 37.4 Å². The average Bonchev–Trinajstić information content (AvgIpc) is 2.77. The van der Waals surface area contributed by atoms with Gasteiger partial charge in [-0.05, 0) is 19.2 Å². The first-order chi connectivity index (χ1) is 9.85. The molecule has 1 aromatic heterocycles. The number of sulfone groups is 1. The Morgan fingerprint density at radius 2 is 2.10 bits per heavy atom. The van der Waals surface area contributed by atoms with Crippen LogP contribution in [-0.2, 0) is 21.2 Å². The number of carboxylic acid groups (broad SMARTS) is 1. The van der Waals surface area contributed by atoms with Crippen LogP contribution < -0.4 is 0 Å². The summed E-state index contributed by atoms with van der Waals surface area (Å²) in [5, 5.41) is 9.44. The normalized spacial score (nSPS) is 12.1. The number of hydrogen-bond acceptors (Lipinski definition) is 6. The van der Waals surface area contributed by atoms with Gasteiger partial charge < -0.3 is 5.11 Å². The van der Waals surface area contributed by atoms with Crippen LogP contribution in [0.25, 0.3) is 10.2 Å². The van der Waals surface area contributed by atoms with Crippen molar-refractivity contribution in [2.45, 2.75) is 6.54 Å². The SMILES string of the molecule is CN(CCS(=O)(=O)CC(=O)O)Cc1nc2ccccc2s1. The molecule has 0 aliphatic carbocycles. The summed E-state index contributed by atoms with van der Waals surface area (Å²) in [7, 11) is -1.76. The van der Waals surface area contributed by atoms with E-state index in [1.54, 1.807) is 18.4 Å². The number of thiazole rings is 1. The standard InChI is InChI=1S/C13H16N2O4S2/c1-15(6-7-21(18,19)9-13(16)17)8-12-14-10-4-2-3-5-11(10)20-12/h2-5H,6-9H2,1H3,(H,16,17). The Balaban J connectivity index is 1.92. The first kappa shape index (κ1) is 15.9. The van der Waals surface area contributed by atoms with Crippen molar-refractivity contribution in [1.29, 1.82) is 0 Å². The third-order valence-corrected chi connectivity index (χ3v) is 5.38. The molecule has 21 heavy (non-hydrogen) atoms. The minimum absolute atomic E-state index is 0.166. The van der Waals surface area contributed by atoms with Crippen molar-refractivity contribution < 1.29 is 18.3 Å². The third-order valence-electron chi connectivity index (χ3n) is 2.87. The molecule has 2 rings (SSSR count). The van der Waals surface area contributed by atoms with Gasteiger partial charge in [0.15, 0.2) is 9.84 Å². The fourth-order valence-electron chi connectivity index (χ4n) is 1.85. The molecule has 0 amide bonds. The minimum atomic E-state index is -3.55. The lowest BCUT2D eigenvalue weighted by Gasteiger charge is -2.14. The van der Waals surface area contributed by atoms with Crippen LogP contribution in [0, 0.1) is 0 Å². The molecule has 0 radical (unpaired) electrons. The van der Waals surface area contributed by atoms with Gasteiger partial charge in [0.2, 0.25) is 0 Å². The summed E-state index contributed by atoms with van der Waals surface area (Å²) in [6, 6.07) is 7.81. The number of aliphatic carboxylic acids is 1. The monoisotopic (exact) mass is 328 g/mol. The summed E-state index contributed by atoms with van der Waals surface area (Å²) in [6.45, 7) is 0.827. The number of benzene rings is 1. The molecule has 0 spiro atoms. The van der Waals surface area contributed by atoms with E-state index in [4.69, 9.17) is 5.11 Å². The second-order valence-electron chi connectivity index (χ2n) is 4.80. The Labute approximate surface area is 127 Å². The zero-order valence-electron chi connectivity index (χ0n) is 11.5. The number of carbonyl (C=O) groups is 1. The second kappa shape index (κ2) is 6.50. The van der Waals surface area contributed by atoms with E-state index in [1.165, 1.54) is 0 Å². The fourth-order valence-corrected chi connectivity index (χ4v) is 4.01. The molecule has 6 nitrogen and oxygen atoms in total. The van der Waals surface area contributed by atoms with E-state index in [0.29, 0.717) is 6.54 Å². The lowest BCUT2D eigenvalue weighted by atomic mass is 10.3. The van der Waals surface area contributed by atoms with Crippen molar-refractivity contribution in [3.8, 4) is 0 Å². The zero-order valence-corrected chi connectivity index (χ0v) is 13.2. The van der Waals surface area contributed by atoms with E-state index in [1.807, 2.05) is 29.2 Å². The molecule has 0 saturated heterocycles.